The molecule has 1 amide bonds. The van der Waals surface area contributed by atoms with E-state index in [2.05, 4.69) is 0 Å². The van der Waals surface area contributed by atoms with Crippen LogP contribution in [-0.2, 0) is 11.3 Å². The van der Waals surface area contributed by atoms with Gasteiger partial charge in [-0.3, -0.25) is 4.79 Å². The average Bonchev–Trinajstić information content (AvgIpc) is 2.66. The molecule has 2 rings (SSSR count). The van der Waals surface area contributed by atoms with Gasteiger partial charge in [0, 0.05) is 19.2 Å². The smallest absolute Gasteiger partial charge is 0.260 e. The van der Waals surface area contributed by atoms with Gasteiger partial charge >= 0.3 is 0 Å². The van der Waals surface area contributed by atoms with Crippen LogP contribution in [0.2, 0.25) is 0 Å². The van der Waals surface area contributed by atoms with Gasteiger partial charge < -0.3 is 14.4 Å². The van der Waals surface area contributed by atoms with Gasteiger partial charge in [-0.1, -0.05) is 37.3 Å². The summed E-state index contributed by atoms with van der Waals surface area (Å²) in [6.45, 7) is 3.19. The third-order valence-electron chi connectivity index (χ3n) is 3.71. The largest absolute Gasteiger partial charge is 0.493 e. The number of rotatable bonds is 8. The summed E-state index contributed by atoms with van der Waals surface area (Å²) in [6, 6.07) is 16.8. The van der Waals surface area contributed by atoms with Gasteiger partial charge in [0.25, 0.3) is 5.91 Å². The van der Waals surface area contributed by atoms with Crippen LogP contribution >= 0.6 is 0 Å². The Morgan fingerprint density at radius 1 is 1.16 bits per heavy atom. The van der Waals surface area contributed by atoms with Crippen LogP contribution < -0.4 is 9.47 Å². The monoisotopic (exact) mass is 338 g/mol. The molecular formula is C20H22N2O3. The molecule has 0 spiro atoms. The quantitative estimate of drug-likeness (QED) is 0.740. The zero-order valence-corrected chi connectivity index (χ0v) is 14.6. The highest BCUT2D eigenvalue weighted by molar-refractivity contribution is 5.77. The zero-order chi connectivity index (χ0) is 18.1. The van der Waals surface area contributed by atoms with Crippen molar-refractivity contribution in [2.24, 2.45) is 0 Å². The molecule has 0 bridgehead atoms. The molecular weight excluding hydrogens is 316 g/mol. The lowest BCUT2D eigenvalue weighted by atomic mass is 10.2. The van der Waals surface area contributed by atoms with E-state index in [4.69, 9.17) is 14.7 Å². The van der Waals surface area contributed by atoms with Crippen LogP contribution in [0.25, 0.3) is 0 Å². The van der Waals surface area contributed by atoms with E-state index in [1.807, 2.05) is 43.3 Å². The van der Waals surface area contributed by atoms with Crippen LogP contribution in [0, 0.1) is 11.3 Å². The van der Waals surface area contributed by atoms with Crippen LogP contribution in [0.3, 0.4) is 0 Å². The topological polar surface area (TPSA) is 62.6 Å². The van der Waals surface area contributed by atoms with Crippen molar-refractivity contribution in [3.05, 3.63) is 59.7 Å². The predicted molar refractivity (Wildman–Crippen MR) is 95.4 cm³/mol. The van der Waals surface area contributed by atoms with Crippen molar-refractivity contribution in [3.8, 4) is 17.6 Å². The van der Waals surface area contributed by atoms with Crippen LogP contribution in [-0.4, -0.2) is 31.1 Å². The second kappa shape index (κ2) is 9.33. The lowest BCUT2D eigenvalue weighted by Crippen LogP contribution is -2.35. The highest BCUT2D eigenvalue weighted by Gasteiger charge is 2.15. The van der Waals surface area contributed by atoms with Gasteiger partial charge in [0.05, 0.1) is 18.7 Å². The maximum absolute atomic E-state index is 12.5. The molecule has 0 aliphatic rings. The highest BCUT2D eigenvalue weighted by Crippen LogP contribution is 2.27. The molecule has 2 aromatic rings. The van der Waals surface area contributed by atoms with Crippen molar-refractivity contribution >= 4 is 5.91 Å². The number of hydrogen-bond donors (Lipinski definition) is 0. The summed E-state index contributed by atoms with van der Waals surface area (Å²) in [5, 5.41) is 8.93. The Morgan fingerprint density at radius 2 is 1.92 bits per heavy atom. The summed E-state index contributed by atoms with van der Waals surface area (Å²) in [7, 11) is 1.50. The number of nitrogens with zero attached hydrogens (tertiary/aromatic N) is 2. The molecule has 0 N–H and O–H groups in total. The van der Waals surface area contributed by atoms with E-state index in [1.165, 1.54) is 7.11 Å². The number of methoxy groups -OCH3 is 1. The Morgan fingerprint density at radius 3 is 2.56 bits per heavy atom. The van der Waals surface area contributed by atoms with Crippen molar-refractivity contribution in [3.63, 3.8) is 0 Å². The normalized spacial score (nSPS) is 9.96. The Labute approximate surface area is 148 Å². The van der Waals surface area contributed by atoms with Crippen molar-refractivity contribution in [2.45, 2.75) is 19.9 Å². The minimum atomic E-state index is -0.0860. The molecule has 0 heterocycles. The van der Waals surface area contributed by atoms with Crippen molar-refractivity contribution in [2.75, 3.05) is 20.3 Å². The van der Waals surface area contributed by atoms with Crippen LogP contribution in [0.1, 0.15) is 24.5 Å². The zero-order valence-electron chi connectivity index (χ0n) is 14.6. The first-order valence-electron chi connectivity index (χ1n) is 8.20. The minimum Gasteiger partial charge on any atom is -0.493 e. The van der Waals surface area contributed by atoms with Gasteiger partial charge in [-0.25, -0.2) is 0 Å². The van der Waals surface area contributed by atoms with Crippen LogP contribution in [0.4, 0.5) is 0 Å². The third kappa shape index (κ3) is 5.25. The Bertz CT molecular complexity index is 738. The van der Waals surface area contributed by atoms with E-state index in [-0.39, 0.29) is 12.5 Å². The fourth-order valence-corrected chi connectivity index (χ4v) is 2.45. The number of ether oxygens (including phenoxy) is 2. The Balaban J connectivity index is 2.02. The van der Waals surface area contributed by atoms with Crippen molar-refractivity contribution in [1.29, 1.82) is 5.26 Å². The standard InChI is InChI=1S/C20H22N2O3/c1-3-11-22(14-16-7-5-4-6-8-16)20(23)15-25-18-10-9-17(13-21)12-19(18)24-2/h4-10,12H,3,11,14-15H2,1-2H3. The SMILES string of the molecule is CCCN(Cc1ccccc1)C(=O)COc1ccc(C#N)cc1OC. The number of carbonyl (C=O) groups is 1. The van der Waals surface area contributed by atoms with E-state index in [0.29, 0.717) is 30.2 Å². The molecule has 5 heteroatoms. The number of benzene rings is 2. The number of carbonyl (C=O) groups excluding carboxylic acids is 1. The summed E-state index contributed by atoms with van der Waals surface area (Å²) < 4.78 is 10.9. The third-order valence-corrected chi connectivity index (χ3v) is 3.71. The molecule has 0 fully saturated rings. The van der Waals surface area contributed by atoms with Gasteiger partial charge in [0.15, 0.2) is 18.1 Å². The molecule has 25 heavy (non-hydrogen) atoms. The molecule has 130 valence electrons. The molecule has 2 aromatic carbocycles. The lowest BCUT2D eigenvalue weighted by molar-refractivity contribution is -0.134. The summed E-state index contributed by atoms with van der Waals surface area (Å²) in [4.78, 5) is 14.3. The Kier molecular flexibility index (Phi) is 6.85. The van der Waals surface area contributed by atoms with Gasteiger partial charge in [-0.05, 0) is 24.1 Å². The summed E-state index contributed by atoms with van der Waals surface area (Å²) in [5.74, 6) is 0.806. The molecule has 0 saturated carbocycles. The fraction of sp³-hybridized carbons (Fsp3) is 0.300. The molecule has 0 atom stereocenters. The van der Waals surface area contributed by atoms with Gasteiger partial charge in [0.2, 0.25) is 0 Å². The molecule has 0 radical (unpaired) electrons. The van der Waals surface area contributed by atoms with Gasteiger partial charge in [0.1, 0.15) is 0 Å². The molecule has 0 unspecified atom stereocenters. The second-order valence-electron chi connectivity index (χ2n) is 5.57. The molecule has 5 nitrogen and oxygen atoms in total. The number of hydrogen-bond acceptors (Lipinski definition) is 4. The van der Waals surface area contributed by atoms with E-state index >= 15 is 0 Å². The second-order valence-corrected chi connectivity index (χ2v) is 5.57. The van der Waals surface area contributed by atoms with Crippen molar-refractivity contribution in [1.82, 2.24) is 4.90 Å². The first-order chi connectivity index (χ1) is 12.2. The van der Waals surface area contributed by atoms with E-state index in [9.17, 15) is 4.79 Å². The number of amides is 1. The van der Waals surface area contributed by atoms with Gasteiger partial charge in [-0.15, -0.1) is 0 Å². The maximum atomic E-state index is 12.5. The first-order valence-corrected chi connectivity index (χ1v) is 8.20. The lowest BCUT2D eigenvalue weighted by Gasteiger charge is -2.22. The minimum absolute atomic E-state index is 0.0743. The summed E-state index contributed by atoms with van der Waals surface area (Å²) >= 11 is 0. The number of nitriles is 1. The predicted octanol–water partition coefficient (Wildman–Crippen LogP) is 3.38. The molecule has 0 aliphatic carbocycles. The maximum Gasteiger partial charge on any atom is 0.260 e. The highest BCUT2D eigenvalue weighted by atomic mass is 16.5. The molecule has 0 aromatic heterocycles. The Hall–Kier alpha value is -3.00. The summed E-state index contributed by atoms with van der Waals surface area (Å²) in [6.07, 6.45) is 0.874. The fourth-order valence-electron chi connectivity index (χ4n) is 2.45. The van der Waals surface area contributed by atoms with Crippen molar-refractivity contribution < 1.29 is 14.3 Å². The van der Waals surface area contributed by atoms with Crippen LogP contribution in [0.15, 0.2) is 48.5 Å². The van der Waals surface area contributed by atoms with E-state index in [0.717, 1.165) is 12.0 Å². The van der Waals surface area contributed by atoms with Gasteiger partial charge in [-0.2, -0.15) is 5.26 Å². The van der Waals surface area contributed by atoms with Crippen LogP contribution in [0.5, 0.6) is 11.5 Å². The van der Waals surface area contributed by atoms with E-state index < -0.39 is 0 Å². The first kappa shape index (κ1) is 18.3. The average molecular weight is 338 g/mol. The summed E-state index contributed by atoms with van der Waals surface area (Å²) in [5.41, 5.74) is 1.56. The molecule has 0 saturated heterocycles. The molecule has 0 aliphatic heterocycles. The van der Waals surface area contributed by atoms with E-state index in [1.54, 1.807) is 23.1 Å².